The first kappa shape index (κ1) is 21.8. The molecule has 0 unspecified atom stereocenters. The number of ether oxygens (including phenoxy) is 1. The van der Waals surface area contributed by atoms with Gasteiger partial charge in [0, 0.05) is 25.7 Å². The highest BCUT2D eigenvalue weighted by molar-refractivity contribution is 14.0. The lowest BCUT2D eigenvalue weighted by Gasteiger charge is -2.12. The number of benzene rings is 2. The Morgan fingerprint density at radius 3 is 2.54 bits per heavy atom. The molecule has 2 aromatic rings. The molecule has 0 spiro atoms. The Bertz CT molecular complexity index is 741. The molecule has 0 aromatic heterocycles. The van der Waals surface area contributed by atoms with Gasteiger partial charge in [-0.2, -0.15) is 0 Å². The monoisotopic (exact) mass is 467 g/mol. The number of rotatable bonds is 7. The third-order valence-corrected chi connectivity index (χ3v) is 3.58. The van der Waals surface area contributed by atoms with E-state index >= 15 is 0 Å². The van der Waals surface area contributed by atoms with E-state index in [9.17, 15) is 4.39 Å². The van der Waals surface area contributed by atoms with Gasteiger partial charge in [-0.25, -0.2) is 4.39 Å². The highest BCUT2D eigenvalue weighted by atomic mass is 127. The number of hydrogen-bond acceptors (Lipinski definition) is 2. The lowest BCUT2D eigenvalue weighted by Crippen LogP contribution is -2.38. The minimum atomic E-state index is -0.224. The minimum absolute atomic E-state index is 0. The maximum Gasteiger partial charge on any atom is 0.191 e. The van der Waals surface area contributed by atoms with Crippen molar-refractivity contribution >= 4 is 29.9 Å². The average molecular weight is 467 g/mol. The summed E-state index contributed by atoms with van der Waals surface area (Å²) in [5.74, 6) is 3.61. The molecule has 0 bridgehead atoms. The van der Waals surface area contributed by atoms with Crippen LogP contribution in [-0.4, -0.2) is 26.2 Å². The van der Waals surface area contributed by atoms with Crippen LogP contribution in [0.1, 0.15) is 11.1 Å². The van der Waals surface area contributed by atoms with Crippen LogP contribution in [-0.2, 0) is 13.0 Å². The molecule has 4 nitrogen and oxygen atoms in total. The van der Waals surface area contributed by atoms with Crippen LogP contribution in [0.4, 0.5) is 4.39 Å². The molecule has 2 rings (SSSR count). The molecule has 0 saturated heterocycles. The first-order valence-corrected chi connectivity index (χ1v) is 8.06. The number of guanidine groups is 1. The zero-order valence-electron chi connectivity index (χ0n) is 14.7. The summed E-state index contributed by atoms with van der Waals surface area (Å²) in [6.45, 7) is 1.36. The van der Waals surface area contributed by atoms with Gasteiger partial charge < -0.3 is 15.4 Å². The Kier molecular flexibility index (Phi) is 10.2. The molecule has 0 amide bonds. The van der Waals surface area contributed by atoms with Crippen LogP contribution in [0.25, 0.3) is 0 Å². The molecule has 138 valence electrons. The summed E-state index contributed by atoms with van der Waals surface area (Å²) in [4.78, 5) is 4.15. The molecule has 6 heteroatoms. The van der Waals surface area contributed by atoms with Gasteiger partial charge in [-0.15, -0.1) is 30.4 Å². The first-order valence-electron chi connectivity index (χ1n) is 8.06. The van der Waals surface area contributed by atoms with Crippen LogP contribution in [0.15, 0.2) is 53.5 Å². The van der Waals surface area contributed by atoms with E-state index in [1.54, 1.807) is 19.2 Å². The fourth-order valence-corrected chi connectivity index (χ4v) is 2.24. The molecule has 0 aliphatic carbocycles. The van der Waals surface area contributed by atoms with Crippen LogP contribution in [0.5, 0.6) is 5.75 Å². The zero-order chi connectivity index (χ0) is 17.9. The van der Waals surface area contributed by atoms with Crippen molar-refractivity contribution in [3.8, 4) is 18.1 Å². The molecular formula is C20H23FIN3O. The largest absolute Gasteiger partial charge is 0.481 e. The SMILES string of the molecule is C#CCOc1ccc(CCNC(=NC)NCc2ccccc2F)cc1.I. The maximum absolute atomic E-state index is 13.6. The van der Waals surface area contributed by atoms with Crippen molar-refractivity contribution in [3.05, 3.63) is 65.5 Å². The van der Waals surface area contributed by atoms with Gasteiger partial charge in [0.2, 0.25) is 0 Å². The topological polar surface area (TPSA) is 45.6 Å². The van der Waals surface area contributed by atoms with Crippen LogP contribution >= 0.6 is 24.0 Å². The van der Waals surface area contributed by atoms with E-state index in [0.29, 0.717) is 24.6 Å². The maximum atomic E-state index is 13.6. The average Bonchev–Trinajstić information content (AvgIpc) is 2.65. The van der Waals surface area contributed by atoms with Gasteiger partial charge in [-0.1, -0.05) is 36.3 Å². The first-order chi connectivity index (χ1) is 12.2. The third-order valence-electron chi connectivity index (χ3n) is 3.58. The van der Waals surface area contributed by atoms with Crippen molar-refractivity contribution in [3.63, 3.8) is 0 Å². The summed E-state index contributed by atoms with van der Waals surface area (Å²) >= 11 is 0. The number of nitrogens with one attached hydrogen (secondary N) is 2. The molecule has 0 aliphatic heterocycles. The van der Waals surface area contributed by atoms with E-state index in [1.165, 1.54) is 11.6 Å². The van der Waals surface area contributed by atoms with Crippen LogP contribution < -0.4 is 15.4 Å². The van der Waals surface area contributed by atoms with Gasteiger partial charge in [0.15, 0.2) is 5.96 Å². The second-order valence-electron chi connectivity index (χ2n) is 5.33. The third kappa shape index (κ3) is 7.31. The number of terminal acetylenes is 1. The summed E-state index contributed by atoms with van der Waals surface area (Å²) in [6, 6.07) is 14.5. The second-order valence-corrected chi connectivity index (χ2v) is 5.33. The van der Waals surface area contributed by atoms with Gasteiger partial charge in [0.05, 0.1) is 0 Å². The van der Waals surface area contributed by atoms with Crippen molar-refractivity contribution in [1.82, 2.24) is 10.6 Å². The standard InChI is InChI=1S/C20H22FN3O.HI/c1-3-14-25-18-10-8-16(9-11-18)12-13-23-20(22-2)24-15-17-6-4-5-7-19(17)21;/h1,4-11H,12-15H2,2H3,(H2,22,23,24);1H. The highest BCUT2D eigenvalue weighted by Crippen LogP contribution is 2.12. The van der Waals surface area contributed by atoms with Crippen molar-refractivity contribution in [2.45, 2.75) is 13.0 Å². The molecule has 0 atom stereocenters. The lowest BCUT2D eigenvalue weighted by molar-refractivity contribution is 0.370. The van der Waals surface area contributed by atoms with Crippen molar-refractivity contribution in [2.75, 3.05) is 20.2 Å². The molecule has 2 aromatic carbocycles. The minimum Gasteiger partial charge on any atom is -0.481 e. The van der Waals surface area contributed by atoms with Crippen molar-refractivity contribution in [2.24, 2.45) is 4.99 Å². The van der Waals surface area contributed by atoms with Gasteiger partial charge in [-0.3, -0.25) is 4.99 Å². The molecule has 0 saturated carbocycles. The van der Waals surface area contributed by atoms with Crippen molar-refractivity contribution in [1.29, 1.82) is 0 Å². The summed E-state index contributed by atoms with van der Waals surface area (Å²) in [5.41, 5.74) is 1.78. The predicted molar refractivity (Wildman–Crippen MR) is 114 cm³/mol. The molecule has 26 heavy (non-hydrogen) atoms. The molecule has 0 radical (unpaired) electrons. The molecule has 0 fully saturated rings. The lowest BCUT2D eigenvalue weighted by atomic mass is 10.1. The zero-order valence-corrected chi connectivity index (χ0v) is 17.0. The molecule has 0 aliphatic rings. The number of aliphatic imine (C=N–C) groups is 1. The highest BCUT2D eigenvalue weighted by Gasteiger charge is 2.03. The Hall–Kier alpha value is -2.27. The van der Waals surface area contributed by atoms with Gasteiger partial charge in [0.25, 0.3) is 0 Å². The van der Waals surface area contributed by atoms with E-state index in [2.05, 4.69) is 21.5 Å². The fourth-order valence-electron chi connectivity index (χ4n) is 2.24. The molecule has 0 heterocycles. The predicted octanol–water partition coefficient (Wildman–Crippen LogP) is 3.36. The van der Waals surface area contributed by atoms with Crippen LogP contribution in [0.3, 0.4) is 0 Å². The van der Waals surface area contributed by atoms with E-state index in [-0.39, 0.29) is 36.4 Å². The van der Waals surface area contributed by atoms with Gasteiger partial charge in [0.1, 0.15) is 18.2 Å². The summed E-state index contributed by atoms with van der Waals surface area (Å²) in [7, 11) is 1.69. The molecule has 2 N–H and O–H groups in total. The fraction of sp³-hybridized carbons (Fsp3) is 0.250. The normalized spacial score (nSPS) is 10.4. The van der Waals surface area contributed by atoms with E-state index in [1.807, 2.05) is 30.3 Å². The van der Waals surface area contributed by atoms with E-state index in [4.69, 9.17) is 11.2 Å². The number of hydrogen-bond donors (Lipinski definition) is 2. The van der Waals surface area contributed by atoms with E-state index in [0.717, 1.165) is 12.2 Å². The quantitative estimate of drug-likeness (QED) is 0.284. The number of halogens is 2. The number of nitrogens with zero attached hydrogens (tertiary/aromatic N) is 1. The van der Waals surface area contributed by atoms with Crippen LogP contribution in [0.2, 0.25) is 0 Å². The van der Waals surface area contributed by atoms with E-state index < -0.39 is 0 Å². The Morgan fingerprint density at radius 1 is 1.15 bits per heavy atom. The van der Waals surface area contributed by atoms with Crippen LogP contribution in [0, 0.1) is 18.2 Å². The summed E-state index contributed by atoms with van der Waals surface area (Å²) < 4.78 is 18.9. The molecular weight excluding hydrogens is 444 g/mol. The Balaban J connectivity index is 0.00000338. The Morgan fingerprint density at radius 2 is 1.88 bits per heavy atom. The van der Waals surface area contributed by atoms with Crippen molar-refractivity contribution < 1.29 is 9.13 Å². The summed E-state index contributed by atoms with van der Waals surface area (Å²) in [6.07, 6.45) is 5.99. The second kappa shape index (κ2) is 12.1. The smallest absolute Gasteiger partial charge is 0.191 e. The summed E-state index contributed by atoms with van der Waals surface area (Å²) in [5, 5.41) is 6.32. The van der Waals surface area contributed by atoms with Gasteiger partial charge >= 0.3 is 0 Å². The van der Waals surface area contributed by atoms with Gasteiger partial charge in [-0.05, 0) is 30.2 Å². The Labute approximate surface area is 171 Å².